The summed E-state index contributed by atoms with van der Waals surface area (Å²) >= 11 is 0. The molecule has 0 unspecified atom stereocenters. The molecular formula is C11H15N3. The van der Waals surface area contributed by atoms with Crippen molar-refractivity contribution in [2.75, 3.05) is 5.73 Å². The Morgan fingerprint density at radius 1 is 1.43 bits per heavy atom. The van der Waals surface area contributed by atoms with E-state index >= 15 is 0 Å². The largest absolute Gasteiger partial charge is 0.397 e. The van der Waals surface area contributed by atoms with E-state index < -0.39 is 0 Å². The first kappa shape index (κ1) is 9.06. The fourth-order valence-corrected chi connectivity index (χ4v) is 1.81. The third-order valence-corrected chi connectivity index (χ3v) is 2.54. The molecule has 2 rings (SSSR count). The molecule has 2 aromatic heterocycles. The van der Waals surface area contributed by atoms with E-state index in [0.29, 0.717) is 5.92 Å². The van der Waals surface area contributed by atoms with Crippen molar-refractivity contribution in [2.45, 2.75) is 19.8 Å². The minimum Gasteiger partial charge on any atom is -0.397 e. The van der Waals surface area contributed by atoms with Gasteiger partial charge in [0.25, 0.3) is 0 Å². The molecule has 0 saturated heterocycles. The number of nitrogen functional groups attached to an aromatic ring is 1. The zero-order valence-corrected chi connectivity index (χ0v) is 8.78. The van der Waals surface area contributed by atoms with E-state index in [9.17, 15) is 0 Å². The van der Waals surface area contributed by atoms with Gasteiger partial charge in [0, 0.05) is 19.4 Å². The molecule has 2 aromatic rings. The first-order valence-corrected chi connectivity index (χ1v) is 4.80. The highest BCUT2D eigenvalue weighted by Crippen LogP contribution is 2.28. The van der Waals surface area contributed by atoms with Crippen molar-refractivity contribution in [3.8, 4) is 0 Å². The maximum atomic E-state index is 5.91. The van der Waals surface area contributed by atoms with E-state index in [-0.39, 0.29) is 0 Å². The van der Waals surface area contributed by atoms with Gasteiger partial charge < -0.3 is 10.3 Å². The number of anilines is 1. The lowest BCUT2D eigenvalue weighted by molar-refractivity contribution is 0.856. The van der Waals surface area contributed by atoms with Crippen LogP contribution in [0.2, 0.25) is 0 Å². The Labute approximate surface area is 83.6 Å². The van der Waals surface area contributed by atoms with Crippen LogP contribution in [0.1, 0.15) is 25.3 Å². The Hall–Kier alpha value is -1.51. The fraction of sp³-hybridized carbons (Fsp3) is 0.364. The molecule has 3 nitrogen and oxygen atoms in total. The Bertz CT molecular complexity index is 469. The predicted molar refractivity (Wildman–Crippen MR) is 59.2 cm³/mol. The second kappa shape index (κ2) is 3.01. The van der Waals surface area contributed by atoms with Crippen molar-refractivity contribution in [1.82, 2.24) is 9.55 Å². The van der Waals surface area contributed by atoms with Crippen molar-refractivity contribution < 1.29 is 0 Å². The summed E-state index contributed by atoms with van der Waals surface area (Å²) in [4.78, 5) is 4.38. The molecule has 0 aromatic carbocycles. The quantitative estimate of drug-likeness (QED) is 0.748. The summed E-state index contributed by atoms with van der Waals surface area (Å²) in [7, 11) is 2.01. The zero-order chi connectivity index (χ0) is 10.3. The van der Waals surface area contributed by atoms with Gasteiger partial charge in [-0.3, -0.25) is 4.98 Å². The van der Waals surface area contributed by atoms with Crippen LogP contribution in [0.25, 0.3) is 11.0 Å². The van der Waals surface area contributed by atoms with Gasteiger partial charge in [-0.2, -0.15) is 0 Å². The number of hydrogen-bond donors (Lipinski definition) is 1. The third-order valence-electron chi connectivity index (χ3n) is 2.54. The lowest BCUT2D eigenvalue weighted by atomic mass is 10.1. The normalized spacial score (nSPS) is 11.4. The summed E-state index contributed by atoms with van der Waals surface area (Å²) in [5.74, 6) is 0.480. The van der Waals surface area contributed by atoms with E-state index in [0.717, 1.165) is 16.7 Å². The molecule has 0 radical (unpaired) electrons. The maximum absolute atomic E-state index is 5.91. The van der Waals surface area contributed by atoms with E-state index in [1.165, 1.54) is 5.56 Å². The Balaban J connectivity index is 2.84. The molecule has 0 saturated carbocycles. The number of rotatable bonds is 1. The van der Waals surface area contributed by atoms with Crippen LogP contribution in [-0.4, -0.2) is 9.55 Å². The highest BCUT2D eigenvalue weighted by molar-refractivity contribution is 5.90. The van der Waals surface area contributed by atoms with Crippen LogP contribution >= 0.6 is 0 Å². The van der Waals surface area contributed by atoms with Crippen LogP contribution in [0, 0.1) is 0 Å². The standard InChI is InChI=1S/C11H15N3/c1-7(2)8-6-14(3)11-9(12)4-5-13-10(8)11/h4-7H,1-3H3,(H2,12,13). The molecule has 0 aliphatic carbocycles. The van der Waals surface area contributed by atoms with Gasteiger partial charge in [-0.1, -0.05) is 13.8 Å². The van der Waals surface area contributed by atoms with Crippen LogP contribution in [0.5, 0.6) is 0 Å². The van der Waals surface area contributed by atoms with Crippen molar-refractivity contribution in [3.63, 3.8) is 0 Å². The summed E-state index contributed by atoms with van der Waals surface area (Å²) in [6, 6.07) is 1.84. The zero-order valence-electron chi connectivity index (χ0n) is 8.78. The van der Waals surface area contributed by atoms with Crippen molar-refractivity contribution in [2.24, 2.45) is 7.05 Å². The molecule has 0 fully saturated rings. The van der Waals surface area contributed by atoms with Gasteiger partial charge in [-0.05, 0) is 17.5 Å². The molecule has 2 N–H and O–H groups in total. The highest BCUT2D eigenvalue weighted by Gasteiger charge is 2.12. The minimum atomic E-state index is 0.480. The summed E-state index contributed by atoms with van der Waals surface area (Å²) in [6.07, 6.45) is 3.88. The number of pyridine rings is 1. The van der Waals surface area contributed by atoms with Crippen LogP contribution in [0.4, 0.5) is 5.69 Å². The smallest absolute Gasteiger partial charge is 0.0936 e. The summed E-state index contributed by atoms with van der Waals surface area (Å²) < 4.78 is 2.05. The Morgan fingerprint density at radius 2 is 2.14 bits per heavy atom. The van der Waals surface area contributed by atoms with E-state index in [1.54, 1.807) is 6.20 Å². The molecule has 0 atom stereocenters. The second-order valence-electron chi connectivity index (χ2n) is 3.95. The topological polar surface area (TPSA) is 43.8 Å². The first-order valence-electron chi connectivity index (χ1n) is 4.80. The van der Waals surface area contributed by atoms with Gasteiger partial charge in [0.15, 0.2) is 0 Å². The van der Waals surface area contributed by atoms with Crippen LogP contribution in [-0.2, 0) is 7.05 Å². The van der Waals surface area contributed by atoms with Gasteiger partial charge in [-0.15, -0.1) is 0 Å². The molecule has 0 amide bonds. The Kier molecular flexibility index (Phi) is 1.95. The van der Waals surface area contributed by atoms with E-state index in [4.69, 9.17) is 5.73 Å². The van der Waals surface area contributed by atoms with Crippen LogP contribution in [0.15, 0.2) is 18.5 Å². The lowest BCUT2D eigenvalue weighted by Crippen LogP contribution is -1.92. The SMILES string of the molecule is CC(C)c1cn(C)c2c(N)ccnc12. The number of nitrogens with zero attached hydrogens (tertiary/aromatic N) is 2. The van der Waals surface area contributed by atoms with Gasteiger partial charge in [0.2, 0.25) is 0 Å². The summed E-state index contributed by atoms with van der Waals surface area (Å²) in [6.45, 7) is 4.33. The number of fused-ring (bicyclic) bond motifs is 1. The monoisotopic (exact) mass is 189 g/mol. The van der Waals surface area contributed by atoms with Crippen molar-refractivity contribution >= 4 is 16.7 Å². The molecular weight excluding hydrogens is 174 g/mol. The summed E-state index contributed by atoms with van der Waals surface area (Å²) in [5, 5.41) is 0. The van der Waals surface area contributed by atoms with Gasteiger partial charge in [0.05, 0.1) is 16.7 Å². The maximum Gasteiger partial charge on any atom is 0.0936 e. The number of aromatic nitrogens is 2. The third kappa shape index (κ3) is 1.16. The van der Waals surface area contributed by atoms with Crippen LogP contribution in [0.3, 0.4) is 0 Å². The molecule has 3 heteroatoms. The minimum absolute atomic E-state index is 0.480. The average Bonchev–Trinajstić information content (AvgIpc) is 2.45. The lowest BCUT2D eigenvalue weighted by Gasteiger charge is -2.01. The molecule has 0 bridgehead atoms. The van der Waals surface area contributed by atoms with Gasteiger partial charge >= 0.3 is 0 Å². The molecule has 0 aliphatic rings. The van der Waals surface area contributed by atoms with E-state index in [1.807, 2.05) is 17.7 Å². The molecule has 0 aliphatic heterocycles. The van der Waals surface area contributed by atoms with E-state index in [2.05, 4.69) is 25.0 Å². The van der Waals surface area contributed by atoms with Gasteiger partial charge in [-0.25, -0.2) is 0 Å². The molecule has 74 valence electrons. The van der Waals surface area contributed by atoms with Crippen LogP contribution < -0.4 is 5.73 Å². The van der Waals surface area contributed by atoms with Gasteiger partial charge in [0.1, 0.15) is 0 Å². The number of aryl methyl sites for hydroxylation is 1. The Morgan fingerprint density at radius 3 is 2.79 bits per heavy atom. The van der Waals surface area contributed by atoms with Crippen molar-refractivity contribution in [3.05, 3.63) is 24.0 Å². The fourth-order valence-electron chi connectivity index (χ4n) is 1.81. The molecule has 14 heavy (non-hydrogen) atoms. The van der Waals surface area contributed by atoms with Crippen molar-refractivity contribution in [1.29, 1.82) is 0 Å². The average molecular weight is 189 g/mol. The number of hydrogen-bond acceptors (Lipinski definition) is 2. The highest BCUT2D eigenvalue weighted by atomic mass is 15.0. The molecule has 0 spiro atoms. The first-order chi connectivity index (χ1) is 6.61. The molecule has 2 heterocycles. The predicted octanol–water partition coefficient (Wildman–Crippen LogP) is 2.28. The summed E-state index contributed by atoms with van der Waals surface area (Å²) in [5.41, 5.74) is 10.0. The second-order valence-corrected chi connectivity index (χ2v) is 3.95. The number of nitrogens with two attached hydrogens (primary N) is 1.